The summed E-state index contributed by atoms with van der Waals surface area (Å²) in [4.78, 5) is 14.9. The van der Waals surface area contributed by atoms with Crippen molar-refractivity contribution in [3.05, 3.63) is 53.6 Å². The van der Waals surface area contributed by atoms with Crippen LogP contribution in [0.5, 0.6) is 17.2 Å². The fraction of sp³-hybridized carbons (Fsp3) is 0.435. The molecule has 2 aromatic carbocycles. The van der Waals surface area contributed by atoms with Crippen molar-refractivity contribution >= 4 is 5.91 Å². The van der Waals surface area contributed by atoms with Crippen LogP contribution in [0.1, 0.15) is 43.4 Å². The van der Waals surface area contributed by atoms with Gasteiger partial charge in [-0.2, -0.15) is 0 Å². The number of methoxy groups -OCH3 is 3. The second kappa shape index (κ2) is 10.2. The summed E-state index contributed by atoms with van der Waals surface area (Å²) < 4.78 is 16.2. The maximum Gasteiger partial charge on any atom is 0.230 e. The number of aliphatic hydroxyl groups excluding tert-OH is 1. The fourth-order valence-corrected chi connectivity index (χ4v) is 3.44. The van der Waals surface area contributed by atoms with E-state index in [0.717, 1.165) is 11.1 Å². The molecule has 0 saturated carbocycles. The lowest BCUT2D eigenvalue weighted by molar-refractivity contribution is -0.135. The third kappa shape index (κ3) is 4.82. The van der Waals surface area contributed by atoms with Gasteiger partial charge in [0.15, 0.2) is 11.5 Å². The molecule has 2 aromatic rings. The summed E-state index contributed by atoms with van der Waals surface area (Å²) >= 11 is 0. The number of carbonyl (C=O) groups excluding carboxylic acids is 1. The van der Waals surface area contributed by atoms with Crippen molar-refractivity contribution in [3.63, 3.8) is 0 Å². The molecule has 1 N–H and O–H groups in total. The number of aliphatic hydroxyl groups is 1. The topological polar surface area (TPSA) is 68.2 Å². The van der Waals surface area contributed by atoms with E-state index in [1.54, 1.807) is 45.4 Å². The Bertz CT molecular complexity index is 783. The zero-order valence-corrected chi connectivity index (χ0v) is 18.0. The normalized spacial score (nSPS) is 13.9. The van der Waals surface area contributed by atoms with Gasteiger partial charge in [-0.05, 0) is 36.6 Å². The first-order valence-electron chi connectivity index (χ1n) is 9.69. The molecule has 0 aromatic heterocycles. The molecule has 0 aliphatic heterocycles. The zero-order valence-electron chi connectivity index (χ0n) is 18.0. The average Bonchev–Trinajstić information content (AvgIpc) is 2.77. The number of hydrogen-bond donors (Lipinski definition) is 1. The van der Waals surface area contributed by atoms with Gasteiger partial charge in [0.1, 0.15) is 0 Å². The Labute approximate surface area is 173 Å². The van der Waals surface area contributed by atoms with Crippen LogP contribution in [0.25, 0.3) is 0 Å². The minimum atomic E-state index is -0.775. The first kappa shape index (κ1) is 22.6. The molecule has 0 heterocycles. The van der Waals surface area contributed by atoms with E-state index in [0.29, 0.717) is 23.7 Å². The molecular formula is C23H31NO5. The maximum absolute atomic E-state index is 13.3. The summed E-state index contributed by atoms with van der Waals surface area (Å²) in [5.74, 6) is 1.02. The molecule has 0 saturated heterocycles. The SMILES string of the molecule is CC[C@H](C(=O)N(C)[C@@H](C)[C@@H](O)c1ccccc1)c1cc(OC)c(OC)c(OC)c1. The number of rotatable bonds is 9. The Hall–Kier alpha value is -2.73. The van der Waals surface area contributed by atoms with Gasteiger partial charge in [-0.3, -0.25) is 4.79 Å². The van der Waals surface area contributed by atoms with E-state index in [2.05, 4.69) is 0 Å². The van der Waals surface area contributed by atoms with E-state index < -0.39 is 12.0 Å². The van der Waals surface area contributed by atoms with Gasteiger partial charge < -0.3 is 24.2 Å². The molecular weight excluding hydrogens is 370 g/mol. The number of nitrogens with zero attached hydrogens (tertiary/aromatic N) is 1. The van der Waals surface area contributed by atoms with Gasteiger partial charge in [0, 0.05) is 7.05 Å². The third-order valence-electron chi connectivity index (χ3n) is 5.35. The van der Waals surface area contributed by atoms with Gasteiger partial charge in [0.05, 0.1) is 39.4 Å². The number of amides is 1. The van der Waals surface area contributed by atoms with E-state index in [-0.39, 0.29) is 11.9 Å². The summed E-state index contributed by atoms with van der Waals surface area (Å²) in [7, 11) is 6.37. The van der Waals surface area contributed by atoms with Crippen LogP contribution in [0.15, 0.2) is 42.5 Å². The van der Waals surface area contributed by atoms with Crippen LogP contribution in [-0.4, -0.2) is 50.3 Å². The average molecular weight is 402 g/mol. The predicted octanol–water partition coefficient (Wildman–Crippen LogP) is 3.79. The van der Waals surface area contributed by atoms with Gasteiger partial charge in [0.2, 0.25) is 11.7 Å². The van der Waals surface area contributed by atoms with Crippen LogP contribution < -0.4 is 14.2 Å². The summed E-state index contributed by atoms with van der Waals surface area (Å²) in [5, 5.41) is 10.7. The minimum absolute atomic E-state index is 0.0794. The van der Waals surface area contributed by atoms with Crippen molar-refractivity contribution in [1.82, 2.24) is 4.90 Å². The Morgan fingerprint density at radius 2 is 1.55 bits per heavy atom. The first-order valence-corrected chi connectivity index (χ1v) is 9.69. The largest absolute Gasteiger partial charge is 0.493 e. The molecule has 6 heteroatoms. The summed E-state index contributed by atoms with van der Waals surface area (Å²) in [6.07, 6.45) is -0.182. The van der Waals surface area contributed by atoms with Crippen molar-refractivity contribution < 1.29 is 24.1 Å². The lowest BCUT2D eigenvalue weighted by atomic mass is 9.93. The Morgan fingerprint density at radius 3 is 2.00 bits per heavy atom. The highest BCUT2D eigenvalue weighted by Crippen LogP contribution is 2.41. The van der Waals surface area contributed by atoms with Gasteiger partial charge in [-0.25, -0.2) is 0 Å². The van der Waals surface area contributed by atoms with E-state index in [9.17, 15) is 9.90 Å². The maximum atomic E-state index is 13.3. The second-order valence-corrected chi connectivity index (χ2v) is 6.96. The van der Waals surface area contributed by atoms with Crippen LogP contribution in [0, 0.1) is 0 Å². The molecule has 29 heavy (non-hydrogen) atoms. The highest BCUT2D eigenvalue weighted by atomic mass is 16.5. The molecule has 3 atom stereocenters. The number of ether oxygens (including phenoxy) is 3. The molecule has 0 unspecified atom stereocenters. The van der Waals surface area contributed by atoms with E-state index in [1.807, 2.05) is 44.2 Å². The van der Waals surface area contributed by atoms with Crippen molar-refractivity contribution in [3.8, 4) is 17.2 Å². The minimum Gasteiger partial charge on any atom is -0.493 e. The van der Waals surface area contributed by atoms with Crippen LogP contribution in [-0.2, 0) is 4.79 Å². The van der Waals surface area contributed by atoms with Gasteiger partial charge in [-0.1, -0.05) is 37.3 Å². The van der Waals surface area contributed by atoms with Crippen molar-refractivity contribution in [2.24, 2.45) is 0 Å². The first-order chi connectivity index (χ1) is 13.9. The number of carbonyl (C=O) groups is 1. The molecule has 0 aliphatic rings. The van der Waals surface area contributed by atoms with E-state index in [1.165, 1.54) is 0 Å². The van der Waals surface area contributed by atoms with E-state index in [4.69, 9.17) is 14.2 Å². The molecule has 0 bridgehead atoms. The fourth-order valence-electron chi connectivity index (χ4n) is 3.44. The lowest BCUT2D eigenvalue weighted by Crippen LogP contribution is -2.41. The zero-order chi connectivity index (χ0) is 21.6. The van der Waals surface area contributed by atoms with Crippen LogP contribution in [0.3, 0.4) is 0 Å². The number of likely N-dealkylation sites (N-methyl/N-ethyl adjacent to an activating group) is 1. The van der Waals surface area contributed by atoms with Crippen LogP contribution >= 0.6 is 0 Å². The van der Waals surface area contributed by atoms with Gasteiger partial charge in [-0.15, -0.1) is 0 Å². The number of hydrogen-bond acceptors (Lipinski definition) is 5. The quantitative estimate of drug-likeness (QED) is 0.692. The van der Waals surface area contributed by atoms with Crippen molar-refractivity contribution in [1.29, 1.82) is 0 Å². The van der Waals surface area contributed by atoms with Crippen LogP contribution in [0.4, 0.5) is 0 Å². The molecule has 158 valence electrons. The summed E-state index contributed by atoms with van der Waals surface area (Å²) in [6, 6.07) is 12.6. The van der Waals surface area contributed by atoms with Crippen molar-refractivity contribution in [2.75, 3.05) is 28.4 Å². The van der Waals surface area contributed by atoms with Crippen LogP contribution in [0.2, 0.25) is 0 Å². The molecule has 0 radical (unpaired) electrons. The molecule has 0 aliphatic carbocycles. The number of benzene rings is 2. The standard InChI is InChI=1S/C23H31NO5/c1-7-18(17-13-19(27-4)22(29-6)20(14-17)28-5)23(26)24(3)15(2)21(25)16-11-9-8-10-12-16/h8-15,18,21,25H,7H2,1-6H3/t15-,18-,21+/m0/s1. The Balaban J connectivity index is 2.32. The second-order valence-electron chi connectivity index (χ2n) is 6.96. The molecule has 6 nitrogen and oxygen atoms in total. The molecule has 0 spiro atoms. The highest BCUT2D eigenvalue weighted by Gasteiger charge is 2.30. The van der Waals surface area contributed by atoms with E-state index >= 15 is 0 Å². The Kier molecular flexibility index (Phi) is 7.91. The van der Waals surface area contributed by atoms with Gasteiger partial charge in [0.25, 0.3) is 0 Å². The summed E-state index contributed by atoms with van der Waals surface area (Å²) in [6.45, 7) is 3.80. The Morgan fingerprint density at radius 1 is 1.00 bits per heavy atom. The predicted molar refractivity (Wildman–Crippen MR) is 113 cm³/mol. The highest BCUT2D eigenvalue weighted by molar-refractivity contribution is 5.84. The van der Waals surface area contributed by atoms with Crippen molar-refractivity contribution in [2.45, 2.75) is 38.3 Å². The molecule has 1 amide bonds. The lowest BCUT2D eigenvalue weighted by Gasteiger charge is -2.32. The third-order valence-corrected chi connectivity index (χ3v) is 5.35. The summed E-state index contributed by atoms with van der Waals surface area (Å²) in [5.41, 5.74) is 1.56. The molecule has 0 fully saturated rings. The van der Waals surface area contributed by atoms with Gasteiger partial charge >= 0.3 is 0 Å². The smallest absolute Gasteiger partial charge is 0.230 e. The monoisotopic (exact) mass is 401 g/mol. The molecule has 2 rings (SSSR count).